The second-order valence-electron chi connectivity index (χ2n) is 5.12. The van der Waals surface area contributed by atoms with Crippen LogP contribution in [0.4, 0.5) is 4.39 Å². The van der Waals surface area contributed by atoms with E-state index >= 15 is 0 Å². The van der Waals surface area contributed by atoms with Gasteiger partial charge in [0.25, 0.3) is 0 Å². The summed E-state index contributed by atoms with van der Waals surface area (Å²) < 4.78 is 24.4. The molecule has 2 heterocycles. The van der Waals surface area contributed by atoms with E-state index < -0.39 is 11.8 Å². The summed E-state index contributed by atoms with van der Waals surface area (Å²) in [4.78, 5) is 16.4. The van der Waals surface area contributed by atoms with Crippen LogP contribution in [0.2, 0.25) is 10.2 Å². The third-order valence-electron chi connectivity index (χ3n) is 3.42. The Kier molecular flexibility index (Phi) is 5.01. The van der Waals surface area contributed by atoms with Crippen molar-refractivity contribution >= 4 is 29.2 Å². The lowest BCUT2D eigenvalue weighted by atomic mass is 10.1. The molecule has 3 aromatic rings. The molecule has 0 bridgehead atoms. The van der Waals surface area contributed by atoms with Crippen LogP contribution in [0.15, 0.2) is 41.1 Å². The van der Waals surface area contributed by atoms with Gasteiger partial charge < -0.3 is 9.26 Å². The number of aromatic nitrogens is 2. The molecule has 0 aliphatic carbocycles. The van der Waals surface area contributed by atoms with Gasteiger partial charge in [0.15, 0.2) is 0 Å². The van der Waals surface area contributed by atoms with E-state index in [2.05, 4.69) is 10.1 Å². The smallest absolute Gasteiger partial charge is 0.344 e. The van der Waals surface area contributed by atoms with Crippen LogP contribution in [-0.2, 0) is 11.3 Å². The van der Waals surface area contributed by atoms with Crippen LogP contribution >= 0.6 is 23.2 Å². The molecular weight excluding hydrogens is 370 g/mol. The van der Waals surface area contributed by atoms with Crippen molar-refractivity contribution in [2.45, 2.75) is 13.5 Å². The van der Waals surface area contributed by atoms with Crippen LogP contribution in [0.5, 0.6) is 0 Å². The number of aryl methyl sites for hydroxylation is 1. The Morgan fingerprint density at radius 1 is 1.28 bits per heavy atom. The minimum absolute atomic E-state index is 0.000156. The predicted octanol–water partition coefficient (Wildman–Crippen LogP) is 4.85. The molecule has 0 aliphatic heterocycles. The van der Waals surface area contributed by atoms with Gasteiger partial charge in [-0.05, 0) is 25.1 Å². The lowest BCUT2D eigenvalue weighted by Gasteiger charge is -2.07. The first kappa shape index (κ1) is 17.4. The lowest BCUT2D eigenvalue weighted by molar-refractivity contribution is 0.0471. The molecule has 0 saturated heterocycles. The Balaban J connectivity index is 1.88. The van der Waals surface area contributed by atoms with Crippen molar-refractivity contribution in [1.82, 2.24) is 10.1 Å². The van der Waals surface area contributed by atoms with Crippen LogP contribution in [-0.4, -0.2) is 16.1 Å². The minimum Gasteiger partial charge on any atom is -0.457 e. The number of ether oxygens (including phenoxy) is 1. The average molecular weight is 381 g/mol. The highest BCUT2D eigenvalue weighted by molar-refractivity contribution is 6.33. The maximum absolute atomic E-state index is 14.1. The molecule has 0 saturated carbocycles. The van der Waals surface area contributed by atoms with Crippen molar-refractivity contribution in [3.05, 3.63) is 69.4 Å². The van der Waals surface area contributed by atoms with Crippen LogP contribution in [0.25, 0.3) is 11.3 Å². The van der Waals surface area contributed by atoms with Gasteiger partial charge in [0.2, 0.25) is 0 Å². The van der Waals surface area contributed by atoms with Crippen LogP contribution in [0.1, 0.15) is 21.7 Å². The molecule has 2 aromatic heterocycles. The zero-order chi connectivity index (χ0) is 18.0. The Morgan fingerprint density at radius 2 is 2.08 bits per heavy atom. The monoisotopic (exact) mass is 380 g/mol. The van der Waals surface area contributed by atoms with Crippen molar-refractivity contribution in [3.8, 4) is 11.3 Å². The number of esters is 1. The average Bonchev–Trinajstić information content (AvgIpc) is 2.95. The standard InChI is InChI=1S/C17H11Cl2FN2O3/c1-9-14(17(23)24-8-10-5-6-13(19)21-7-10)16(22-25-9)15-11(18)3-2-4-12(15)20/h2-7H,8H2,1H3. The molecule has 0 N–H and O–H groups in total. The van der Waals surface area contributed by atoms with Crippen LogP contribution < -0.4 is 0 Å². The number of carbonyl (C=O) groups is 1. The Bertz CT molecular complexity index is 906. The predicted molar refractivity (Wildman–Crippen MR) is 90.0 cm³/mol. The van der Waals surface area contributed by atoms with Gasteiger partial charge in [-0.15, -0.1) is 0 Å². The summed E-state index contributed by atoms with van der Waals surface area (Å²) in [7, 11) is 0. The fourth-order valence-corrected chi connectivity index (χ4v) is 2.58. The summed E-state index contributed by atoms with van der Waals surface area (Å²) in [5, 5.41) is 4.21. The van der Waals surface area contributed by atoms with E-state index in [1.165, 1.54) is 31.3 Å². The molecule has 8 heteroatoms. The summed E-state index contributed by atoms with van der Waals surface area (Å²) >= 11 is 11.8. The van der Waals surface area contributed by atoms with Gasteiger partial charge >= 0.3 is 5.97 Å². The topological polar surface area (TPSA) is 65.2 Å². The number of hydrogen-bond acceptors (Lipinski definition) is 5. The molecule has 3 rings (SSSR count). The van der Waals surface area contributed by atoms with Crippen molar-refractivity contribution < 1.29 is 18.4 Å². The molecule has 0 spiro atoms. The molecule has 0 radical (unpaired) electrons. The number of nitrogens with zero attached hydrogens (tertiary/aromatic N) is 2. The van der Waals surface area contributed by atoms with Crippen molar-refractivity contribution in [2.24, 2.45) is 0 Å². The van der Waals surface area contributed by atoms with Gasteiger partial charge in [-0.3, -0.25) is 0 Å². The third kappa shape index (κ3) is 3.65. The third-order valence-corrected chi connectivity index (χ3v) is 3.96. The summed E-state index contributed by atoms with van der Waals surface area (Å²) in [6.45, 7) is 1.50. The number of pyridine rings is 1. The summed E-state index contributed by atoms with van der Waals surface area (Å²) in [6, 6.07) is 7.44. The highest BCUT2D eigenvalue weighted by atomic mass is 35.5. The van der Waals surface area contributed by atoms with Gasteiger partial charge in [-0.2, -0.15) is 0 Å². The van der Waals surface area contributed by atoms with E-state index in [9.17, 15) is 9.18 Å². The summed E-state index contributed by atoms with van der Waals surface area (Å²) in [5.41, 5.74) is 0.659. The first-order chi connectivity index (χ1) is 12.0. The lowest BCUT2D eigenvalue weighted by Crippen LogP contribution is -2.08. The molecule has 128 valence electrons. The fraction of sp³-hybridized carbons (Fsp3) is 0.118. The largest absolute Gasteiger partial charge is 0.457 e. The highest BCUT2D eigenvalue weighted by Crippen LogP contribution is 2.33. The molecule has 0 aliphatic rings. The second kappa shape index (κ2) is 7.21. The van der Waals surface area contributed by atoms with Crippen LogP contribution in [0, 0.1) is 12.7 Å². The summed E-state index contributed by atoms with van der Waals surface area (Å²) in [5.74, 6) is -1.12. The van der Waals surface area contributed by atoms with E-state index in [4.69, 9.17) is 32.5 Å². The zero-order valence-corrected chi connectivity index (χ0v) is 14.4. The van der Waals surface area contributed by atoms with E-state index in [-0.39, 0.29) is 34.2 Å². The Morgan fingerprint density at radius 3 is 2.76 bits per heavy atom. The van der Waals surface area contributed by atoms with Gasteiger partial charge in [-0.25, -0.2) is 14.2 Å². The van der Waals surface area contributed by atoms with Gasteiger partial charge in [-0.1, -0.05) is 40.5 Å². The van der Waals surface area contributed by atoms with E-state index in [0.29, 0.717) is 10.7 Å². The first-order valence-electron chi connectivity index (χ1n) is 7.15. The molecule has 0 amide bonds. The molecule has 0 fully saturated rings. The molecule has 0 unspecified atom stereocenters. The van der Waals surface area contributed by atoms with Crippen molar-refractivity contribution in [2.75, 3.05) is 0 Å². The number of carbonyl (C=O) groups excluding carboxylic acids is 1. The SMILES string of the molecule is Cc1onc(-c2c(F)cccc2Cl)c1C(=O)OCc1ccc(Cl)nc1. The van der Waals surface area contributed by atoms with Gasteiger partial charge in [0.05, 0.1) is 10.6 Å². The fourth-order valence-electron chi connectivity index (χ4n) is 2.22. The first-order valence-corrected chi connectivity index (χ1v) is 7.91. The Labute approximate surface area is 152 Å². The van der Waals surface area contributed by atoms with Crippen LogP contribution in [0.3, 0.4) is 0 Å². The van der Waals surface area contributed by atoms with Gasteiger partial charge in [0, 0.05) is 11.8 Å². The maximum Gasteiger partial charge on any atom is 0.344 e. The quantitative estimate of drug-likeness (QED) is 0.478. The molecule has 5 nitrogen and oxygen atoms in total. The minimum atomic E-state index is -0.706. The van der Waals surface area contributed by atoms with E-state index in [0.717, 1.165) is 0 Å². The van der Waals surface area contributed by atoms with E-state index in [1.807, 2.05) is 0 Å². The van der Waals surface area contributed by atoms with Gasteiger partial charge in [0.1, 0.15) is 34.6 Å². The number of benzene rings is 1. The molecule has 0 atom stereocenters. The van der Waals surface area contributed by atoms with Crippen molar-refractivity contribution in [1.29, 1.82) is 0 Å². The summed E-state index contributed by atoms with van der Waals surface area (Å²) in [6.07, 6.45) is 1.49. The zero-order valence-electron chi connectivity index (χ0n) is 12.9. The molecule has 25 heavy (non-hydrogen) atoms. The molecular formula is C17H11Cl2FN2O3. The number of hydrogen-bond donors (Lipinski definition) is 0. The number of rotatable bonds is 4. The normalized spacial score (nSPS) is 10.7. The highest BCUT2D eigenvalue weighted by Gasteiger charge is 2.26. The van der Waals surface area contributed by atoms with Crippen molar-refractivity contribution in [3.63, 3.8) is 0 Å². The maximum atomic E-state index is 14.1. The number of halogens is 3. The molecule has 1 aromatic carbocycles. The Hall–Kier alpha value is -2.44. The second-order valence-corrected chi connectivity index (χ2v) is 5.92. The van der Waals surface area contributed by atoms with E-state index in [1.54, 1.807) is 12.1 Å².